The molecule has 0 spiro atoms. The minimum atomic E-state index is -0.0853. The Balaban J connectivity index is 1.58. The predicted molar refractivity (Wildman–Crippen MR) is 94.9 cm³/mol. The first-order valence-corrected chi connectivity index (χ1v) is 8.42. The van der Waals surface area contributed by atoms with Crippen LogP contribution in [-0.4, -0.2) is 24.0 Å². The molecule has 1 amide bonds. The van der Waals surface area contributed by atoms with E-state index in [1.165, 1.54) is 19.3 Å². The number of benzene rings is 1. The van der Waals surface area contributed by atoms with Crippen molar-refractivity contribution in [3.05, 3.63) is 48.3 Å². The number of rotatable bonds is 5. The van der Waals surface area contributed by atoms with Crippen LogP contribution in [0.15, 0.2) is 42.6 Å². The van der Waals surface area contributed by atoms with Crippen LogP contribution in [0, 0.1) is 0 Å². The highest BCUT2D eigenvalue weighted by Crippen LogP contribution is 2.20. The predicted octanol–water partition coefficient (Wildman–Crippen LogP) is 3.90. The highest BCUT2D eigenvalue weighted by molar-refractivity contribution is 5.92. The Morgan fingerprint density at radius 1 is 1.04 bits per heavy atom. The smallest absolute Gasteiger partial charge is 0.270 e. The number of anilines is 2. The Kier molecular flexibility index (Phi) is 5.31. The lowest BCUT2D eigenvalue weighted by molar-refractivity contribution is 0.0922. The van der Waals surface area contributed by atoms with Crippen molar-refractivity contribution in [3.63, 3.8) is 0 Å². The summed E-state index contributed by atoms with van der Waals surface area (Å²) in [7, 11) is 1.64. The first kappa shape index (κ1) is 16.3. The third-order valence-corrected chi connectivity index (χ3v) is 4.32. The number of methoxy groups -OCH3 is 1. The number of pyridine rings is 1. The lowest BCUT2D eigenvalue weighted by Gasteiger charge is -2.22. The second-order valence-corrected chi connectivity index (χ2v) is 6.09. The average molecular weight is 325 g/mol. The highest BCUT2D eigenvalue weighted by Gasteiger charge is 2.17. The summed E-state index contributed by atoms with van der Waals surface area (Å²) in [6.07, 6.45) is 7.49. The van der Waals surface area contributed by atoms with Crippen molar-refractivity contribution in [2.75, 3.05) is 12.4 Å². The molecule has 0 unspecified atom stereocenters. The molecule has 2 N–H and O–H groups in total. The van der Waals surface area contributed by atoms with E-state index in [2.05, 4.69) is 15.6 Å². The molecule has 1 aromatic carbocycles. The first-order valence-electron chi connectivity index (χ1n) is 8.42. The molecule has 0 radical (unpaired) electrons. The standard InChI is InChI=1S/C19H23N3O2/c1-24-17-10-7-15(8-11-17)21-16-9-12-18(20-13-16)19(23)22-14-5-3-2-4-6-14/h7-14,21H,2-6H2,1H3,(H,22,23). The molecule has 2 aromatic rings. The fourth-order valence-corrected chi connectivity index (χ4v) is 2.95. The fourth-order valence-electron chi connectivity index (χ4n) is 2.95. The summed E-state index contributed by atoms with van der Waals surface area (Å²) in [4.78, 5) is 16.5. The lowest BCUT2D eigenvalue weighted by atomic mass is 9.95. The van der Waals surface area contributed by atoms with Crippen LogP contribution >= 0.6 is 0 Å². The molecule has 0 aliphatic heterocycles. The second kappa shape index (κ2) is 7.81. The molecule has 1 heterocycles. The van der Waals surface area contributed by atoms with E-state index in [0.717, 1.165) is 30.0 Å². The van der Waals surface area contributed by atoms with Crippen LogP contribution in [0.4, 0.5) is 11.4 Å². The minimum absolute atomic E-state index is 0.0853. The molecule has 0 atom stereocenters. The van der Waals surface area contributed by atoms with Gasteiger partial charge in [0.25, 0.3) is 5.91 Å². The minimum Gasteiger partial charge on any atom is -0.497 e. The Bertz CT molecular complexity index is 662. The molecule has 1 saturated carbocycles. The molecule has 24 heavy (non-hydrogen) atoms. The van der Waals surface area contributed by atoms with Crippen LogP contribution in [-0.2, 0) is 0 Å². The molecule has 126 valence electrons. The number of carbonyl (C=O) groups excluding carboxylic acids is 1. The van der Waals surface area contributed by atoms with E-state index in [4.69, 9.17) is 4.74 Å². The summed E-state index contributed by atoms with van der Waals surface area (Å²) in [5.41, 5.74) is 2.24. The van der Waals surface area contributed by atoms with Crippen molar-refractivity contribution in [2.24, 2.45) is 0 Å². The van der Waals surface area contributed by atoms with Crippen LogP contribution in [0.2, 0.25) is 0 Å². The van der Waals surface area contributed by atoms with E-state index in [-0.39, 0.29) is 5.91 Å². The third-order valence-electron chi connectivity index (χ3n) is 4.32. The summed E-state index contributed by atoms with van der Waals surface area (Å²) in [6, 6.07) is 11.6. The van der Waals surface area contributed by atoms with E-state index in [9.17, 15) is 4.79 Å². The number of nitrogens with one attached hydrogen (secondary N) is 2. The Labute approximate surface area is 142 Å². The van der Waals surface area contributed by atoms with Crippen molar-refractivity contribution >= 4 is 17.3 Å². The molecule has 0 saturated heterocycles. The van der Waals surface area contributed by atoms with Crippen LogP contribution in [0.5, 0.6) is 5.75 Å². The van der Waals surface area contributed by atoms with Gasteiger partial charge < -0.3 is 15.4 Å². The molecular weight excluding hydrogens is 302 g/mol. The monoisotopic (exact) mass is 325 g/mol. The zero-order chi connectivity index (χ0) is 16.8. The van der Waals surface area contributed by atoms with E-state index < -0.39 is 0 Å². The van der Waals surface area contributed by atoms with Crippen molar-refractivity contribution in [3.8, 4) is 5.75 Å². The molecule has 1 aliphatic rings. The summed E-state index contributed by atoms with van der Waals surface area (Å²) in [5, 5.41) is 6.33. The van der Waals surface area contributed by atoms with Crippen LogP contribution in [0.1, 0.15) is 42.6 Å². The SMILES string of the molecule is COc1ccc(Nc2ccc(C(=O)NC3CCCCC3)nc2)cc1. The van der Waals surface area contributed by atoms with E-state index >= 15 is 0 Å². The normalized spacial score (nSPS) is 14.9. The zero-order valence-corrected chi connectivity index (χ0v) is 13.9. The quantitative estimate of drug-likeness (QED) is 0.875. The summed E-state index contributed by atoms with van der Waals surface area (Å²) in [5.74, 6) is 0.728. The Morgan fingerprint density at radius 3 is 2.38 bits per heavy atom. The molecule has 5 nitrogen and oxygen atoms in total. The van der Waals surface area contributed by atoms with Crippen molar-refractivity contribution < 1.29 is 9.53 Å². The van der Waals surface area contributed by atoms with E-state index in [0.29, 0.717) is 11.7 Å². The van der Waals surface area contributed by atoms with Gasteiger partial charge in [0.15, 0.2) is 0 Å². The zero-order valence-electron chi connectivity index (χ0n) is 13.9. The van der Waals surface area contributed by atoms with Gasteiger partial charge in [0.1, 0.15) is 11.4 Å². The summed E-state index contributed by atoms with van der Waals surface area (Å²) < 4.78 is 5.14. The van der Waals surface area contributed by atoms with Gasteiger partial charge in [-0.15, -0.1) is 0 Å². The van der Waals surface area contributed by atoms with Gasteiger partial charge in [-0.2, -0.15) is 0 Å². The Hall–Kier alpha value is -2.56. The molecule has 1 aliphatic carbocycles. The number of hydrogen-bond acceptors (Lipinski definition) is 4. The second-order valence-electron chi connectivity index (χ2n) is 6.09. The summed E-state index contributed by atoms with van der Waals surface area (Å²) >= 11 is 0. The average Bonchev–Trinajstić information content (AvgIpc) is 2.64. The number of hydrogen-bond donors (Lipinski definition) is 2. The van der Waals surface area contributed by atoms with Gasteiger partial charge in [-0.25, -0.2) is 4.98 Å². The molecule has 5 heteroatoms. The van der Waals surface area contributed by atoms with Crippen LogP contribution < -0.4 is 15.4 Å². The van der Waals surface area contributed by atoms with Crippen molar-refractivity contribution in [1.29, 1.82) is 0 Å². The molecule has 3 rings (SSSR count). The van der Waals surface area contributed by atoms with Crippen LogP contribution in [0.3, 0.4) is 0 Å². The van der Waals surface area contributed by atoms with Crippen LogP contribution in [0.25, 0.3) is 0 Å². The first-order chi connectivity index (χ1) is 11.7. The number of amides is 1. The molecular formula is C19H23N3O2. The maximum atomic E-state index is 12.2. The third kappa shape index (κ3) is 4.25. The van der Waals surface area contributed by atoms with Gasteiger partial charge in [0.2, 0.25) is 0 Å². The van der Waals surface area contributed by atoms with Gasteiger partial charge in [-0.3, -0.25) is 4.79 Å². The number of carbonyl (C=O) groups is 1. The van der Waals surface area contributed by atoms with Gasteiger partial charge in [-0.05, 0) is 49.2 Å². The Morgan fingerprint density at radius 2 is 1.75 bits per heavy atom. The van der Waals surface area contributed by atoms with Gasteiger partial charge >= 0.3 is 0 Å². The van der Waals surface area contributed by atoms with Gasteiger partial charge in [0.05, 0.1) is 19.0 Å². The topological polar surface area (TPSA) is 63.2 Å². The van der Waals surface area contributed by atoms with Crippen molar-refractivity contribution in [1.82, 2.24) is 10.3 Å². The van der Waals surface area contributed by atoms with E-state index in [1.54, 1.807) is 19.4 Å². The highest BCUT2D eigenvalue weighted by atomic mass is 16.5. The fraction of sp³-hybridized carbons (Fsp3) is 0.368. The molecule has 1 fully saturated rings. The number of aromatic nitrogens is 1. The number of ether oxygens (including phenoxy) is 1. The maximum Gasteiger partial charge on any atom is 0.270 e. The lowest BCUT2D eigenvalue weighted by Crippen LogP contribution is -2.36. The van der Waals surface area contributed by atoms with Crippen molar-refractivity contribution in [2.45, 2.75) is 38.1 Å². The maximum absolute atomic E-state index is 12.2. The van der Waals surface area contributed by atoms with E-state index in [1.807, 2.05) is 30.3 Å². The molecule has 1 aromatic heterocycles. The van der Waals surface area contributed by atoms with Gasteiger partial charge in [-0.1, -0.05) is 19.3 Å². The summed E-state index contributed by atoms with van der Waals surface area (Å²) in [6.45, 7) is 0. The molecule has 0 bridgehead atoms. The van der Waals surface area contributed by atoms with Gasteiger partial charge in [0, 0.05) is 11.7 Å². The largest absolute Gasteiger partial charge is 0.497 e. The number of nitrogens with zero attached hydrogens (tertiary/aromatic N) is 1.